The normalized spacial score (nSPS) is 12.8. The van der Waals surface area contributed by atoms with Gasteiger partial charge in [-0.05, 0) is 44.0 Å². The highest BCUT2D eigenvalue weighted by Gasteiger charge is 2.48. The van der Waals surface area contributed by atoms with E-state index in [0.29, 0.717) is 22.5 Å². The number of aromatic nitrogens is 4. The highest BCUT2D eigenvalue weighted by Crippen LogP contribution is 2.40. The van der Waals surface area contributed by atoms with Crippen molar-refractivity contribution in [1.82, 2.24) is 19.9 Å². The molecule has 2 heterocycles. The molecular formula is C25H23F5N4O2. The van der Waals surface area contributed by atoms with Crippen molar-refractivity contribution in [2.75, 3.05) is 6.61 Å². The van der Waals surface area contributed by atoms with Crippen LogP contribution in [0.5, 0.6) is 0 Å². The lowest BCUT2D eigenvalue weighted by Crippen LogP contribution is -2.36. The minimum absolute atomic E-state index is 0.104. The van der Waals surface area contributed by atoms with E-state index in [9.17, 15) is 22.0 Å². The number of alkyl halides is 5. The van der Waals surface area contributed by atoms with Gasteiger partial charge in [-0.25, -0.2) is 0 Å². The van der Waals surface area contributed by atoms with E-state index in [1.165, 1.54) is 42.5 Å². The summed E-state index contributed by atoms with van der Waals surface area (Å²) in [5.74, 6) is -3.05. The Hall–Kier alpha value is -3.60. The van der Waals surface area contributed by atoms with Crippen LogP contribution in [0.3, 0.4) is 0 Å². The van der Waals surface area contributed by atoms with Crippen LogP contribution in [0.15, 0.2) is 59.1 Å². The average Bonchev–Trinajstić information content (AvgIpc) is 3.46. The Morgan fingerprint density at radius 2 is 1.64 bits per heavy atom. The smallest absolute Gasteiger partial charge is 0.390 e. The van der Waals surface area contributed by atoms with Crippen LogP contribution in [0.2, 0.25) is 0 Å². The van der Waals surface area contributed by atoms with Gasteiger partial charge in [0.25, 0.3) is 11.8 Å². The fourth-order valence-corrected chi connectivity index (χ4v) is 3.58. The first kappa shape index (κ1) is 25.5. The Morgan fingerprint density at radius 1 is 0.944 bits per heavy atom. The zero-order valence-corrected chi connectivity index (χ0v) is 19.6. The fourth-order valence-electron chi connectivity index (χ4n) is 3.58. The van der Waals surface area contributed by atoms with Crippen LogP contribution in [-0.2, 0) is 17.9 Å². The second-order valence-electron chi connectivity index (χ2n) is 9.01. The van der Waals surface area contributed by atoms with Crippen molar-refractivity contribution in [2.24, 2.45) is 0 Å². The number of halogens is 5. The molecule has 1 N–H and O–H groups in total. The van der Waals surface area contributed by atoms with E-state index in [0.717, 1.165) is 13.8 Å². The maximum absolute atomic E-state index is 13.8. The maximum Gasteiger partial charge on any atom is 0.397 e. The predicted octanol–water partition coefficient (Wildman–Crippen LogP) is 5.88. The number of hydrogen-bond acceptors (Lipinski definition) is 5. The zero-order valence-electron chi connectivity index (χ0n) is 19.6. The summed E-state index contributed by atoms with van der Waals surface area (Å²) < 4.78 is 74.5. The van der Waals surface area contributed by atoms with Crippen LogP contribution < -0.4 is 0 Å². The first-order chi connectivity index (χ1) is 16.8. The number of rotatable bonds is 7. The van der Waals surface area contributed by atoms with Crippen molar-refractivity contribution in [1.29, 1.82) is 0 Å². The summed E-state index contributed by atoms with van der Waals surface area (Å²) >= 11 is 0. The Balaban J connectivity index is 1.54. The van der Waals surface area contributed by atoms with Crippen molar-refractivity contribution in [3.05, 3.63) is 77.0 Å². The van der Waals surface area contributed by atoms with Crippen LogP contribution in [0.4, 0.5) is 22.0 Å². The van der Waals surface area contributed by atoms with Gasteiger partial charge >= 0.3 is 6.18 Å². The van der Waals surface area contributed by atoms with Crippen LogP contribution >= 0.6 is 0 Å². The van der Waals surface area contributed by atoms with Crippen molar-refractivity contribution in [2.45, 2.75) is 44.8 Å². The monoisotopic (exact) mass is 506 g/mol. The summed E-state index contributed by atoms with van der Waals surface area (Å²) in [4.78, 5) is 4.31. The second-order valence-corrected chi connectivity index (χ2v) is 9.01. The molecule has 36 heavy (non-hydrogen) atoms. The van der Waals surface area contributed by atoms with E-state index in [1.54, 1.807) is 23.7 Å². The third kappa shape index (κ3) is 4.88. The van der Waals surface area contributed by atoms with E-state index < -0.39 is 24.1 Å². The Morgan fingerprint density at radius 3 is 2.28 bits per heavy atom. The Labute approximate surface area is 203 Å². The summed E-state index contributed by atoms with van der Waals surface area (Å²) in [6.45, 7) is 2.91. The largest absolute Gasteiger partial charge is 0.397 e. The molecule has 0 saturated carbocycles. The molecule has 4 aromatic rings. The molecule has 0 aliphatic rings. The van der Waals surface area contributed by atoms with Crippen molar-refractivity contribution >= 4 is 0 Å². The second kappa shape index (κ2) is 9.12. The third-order valence-corrected chi connectivity index (χ3v) is 6.08. The highest BCUT2D eigenvalue weighted by molar-refractivity contribution is 5.58. The Kier molecular flexibility index (Phi) is 6.46. The van der Waals surface area contributed by atoms with Gasteiger partial charge < -0.3 is 9.63 Å². The topological polar surface area (TPSA) is 77.0 Å². The summed E-state index contributed by atoms with van der Waals surface area (Å²) in [6.07, 6.45) is -4.40. The predicted molar refractivity (Wildman–Crippen MR) is 121 cm³/mol. The van der Waals surface area contributed by atoms with Crippen LogP contribution in [0.25, 0.3) is 23.0 Å². The first-order valence-corrected chi connectivity index (χ1v) is 11.0. The molecular weight excluding hydrogens is 483 g/mol. The lowest BCUT2D eigenvalue weighted by molar-refractivity contribution is -0.180. The van der Waals surface area contributed by atoms with E-state index in [1.807, 2.05) is 0 Å². The molecule has 190 valence electrons. The highest BCUT2D eigenvalue weighted by atomic mass is 19.4. The minimum Gasteiger partial charge on any atom is -0.390 e. The number of aliphatic hydroxyl groups excluding tert-OH is 1. The molecule has 0 bridgehead atoms. The van der Waals surface area contributed by atoms with Gasteiger partial charge in [-0.15, -0.1) is 0 Å². The molecule has 2 aromatic heterocycles. The van der Waals surface area contributed by atoms with Crippen molar-refractivity contribution < 1.29 is 31.6 Å². The molecule has 4 rings (SSSR count). The quantitative estimate of drug-likeness (QED) is 0.317. The number of aryl methyl sites for hydroxylation is 1. The first-order valence-electron chi connectivity index (χ1n) is 11.0. The van der Waals surface area contributed by atoms with Gasteiger partial charge in [0.2, 0.25) is 5.82 Å². The van der Waals surface area contributed by atoms with Crippen LogP contribution in [-0.4, -0.2) is 37.8 Å². The van der Waals surface area contributed by atoms with Gasteiger partial charge in [-0.3, -0.25) is 4.68 Å². The zero-order chi connectivity index (χ0) is 26.3. The lowest BCUT2D eigenvalue weighted by atomic mass is 9.83. The number of hydrogen-bond donors (Lipinski definition) is 1. The van der Waals surface area contributed by atoms with E-state index in [4.69, 9.17) is 9.63 Å². The van der Waals surface area contributed by atoms with Gasteiger partial charge in [0.15, 0.2) is 5.69 Å². The summed E-state index contributed by atoms with van der Waals surface area (Å²) in [7, 11) is 0. The summed E-state index contributed by atoms with van der Waals surface area (Å²) in [6, 6.07) is 13.2. The number of aliphatic hydroxyl groups is 1. The van der Waals surface area contributed by atoms with Gasteiger partial charge in [-0.2, -0.15) is 32.0 Å². The summed E-state index contributed by atoms with van der Waals surface area (Å²) in [5, 5.41) is 17.3. The molecule has 11 heteroatoms. The summed E-state index contributed by atoms with van der Waals surface area (Å²) in [5.41, 5.74) is -0.0840. The van der Waals surface area contributed by atoms with E-state index in [-0.39, 0.29) is 29.4 Å². The molecule has 2 aromatic carbocycles. The Bertz CT molecular complexity index is 1360. The molecule has 0 saturated heterocycles. The standard InChI is InChI=1S/C25H23F5N4O2/c1-15-11-20(32-34(15)13-16-5-4-6-19(12-16)24(26,27)14-35)22-31-21(33-36-22)17-7-9-18(10-8-17)23(2,3)25(28,29)30/h4-12,35H,13-14H2,1-3H3. The van der Waals surface area contributed by atoms with Gasteiger partial charge in [0.1, 0.15) is 6.61 Å². The molecule has 0 atom stereocenters. The minimum atomic E-state index is -4.40. The molecule has 0 aliphatic heterocycles. The molecule has 0 radical (unpaired) electrons. The number of nitrogens with zero attached hydrogens (tertiary/aromatic N) is 4. The maximum atomic E-state index is 13.8. The van der Waals surface area contributed by atoms with Gasteiger partial charge in [0.05, 0.1) is 12.0 Å². The average molecular weight is 506 g/mol. The van der Waals surface area contributed by atoms with Gasteiger partial charge in [-0.1, -0.05) is 47.6 Å². The molecule has 0 amide bonds. The van der Waals surface area contributed by atoms with Crippen molar-refractivity contribution in [3.8, 4) is 23.0 Å². The van der Waals surface area contributed by atoms with E-state index >= 15 is 0 Å². The van der Waals surface area contributed by atoms with Crippen LogP contribution in [0.1, 0.15) is 36.2 Å². The van der Waals surface area contributed by atoms with E-state index in [2.05, 4.69) is 15.2 Å². The third-order valence-electron chi connectivity index (χ3n) is 6.08. The molecule has 0 unspecified atom stereocenters. The molecule has 0 fully saturated rings. The molecule has 0 aliphatic carbocycles. The fraction of sp³-hybridized carbons (Fsp3) is 0.320. The molecule has 0 spiro atoms. The lowest BCUT2D eigenvalue weighted by Gasteiger charge is -2.28. The van der Waals surface area contributed by atoms with Crippen LogP contribution in [0, 0.1) is 6.92 Å². The molecule has 6 nitrogen and oxygen atoms in total. The van der Waals surface area contributed by atoms with Gasteiger partial charge in [0, 0.05) is 16.8 Å². The number of benzene rings is 2. The SMILES string of the molecule is Cc1cc(-c2nc(-c3ccc(C(C)(C)C(F)(F)F)cc3)no2)nn1Cc1cccc(C(F)(F)CO)c1. The van der Waals surface area contributed by atoms with Crippen molar-refractivity contribution in [3.63, 3.8) is 0 Å².